The number of rotatable bonds is 6. The first-order valence-corrected chi connectivity index (χ1v) is 7.72. The van der Waals surface area contributed by atoms with Crippen molar-refractivity contribution in [3.63, 3.8) is 0 Å². The minimum Gasteiger partial charge on any atom is -0.354 e. The molecule has 0 spiro atoms. The second-order valence-corrected chi connectivity index (χ2v) is 5.48. The van der Waals surface area contributed by atoms with E-state index in [1.807, 2.05) is 0 Å². The van der Waals surface area contributed by atoms with Gasteiger partial charge in [0.2, 0.25) is 5.91 Å². The highest BCUT2D eigenvalue weighted by molar-refractivity contribution is 5.94. The van der Waals surface area contributed by atoms with E-state index in [1.165, 1.54) is 24.3 Å². The number of benzene rings is 2. The number of amides is 2. The SMILES string of the molecule is O=C(Cc1ccc(F)cc1)NCCNC(=O)c1ccc(C(F)(F)F)cc1. The lowest BCUT2D eigenvalue weighted by atomic mass is 10.1. The van der Waals surface area contributed by atoms with E-state index in [4.69, 9.17) is 0 Å². The Hall–Kier alpha value is -2.90. The van der Waals surface area contributed by atoms with E-state index in [2.05, 4.69) is 10.6 Å². The fraction of sp³-hybridized carbons (Fsp3) is 0.222. The Balaban J connectivity index is 1.72. The van der Waals surface area contributed by atoms with Gasteiger partial charge in [-0.3, -0.25) is 9.59 Å². The smallest absolute Gasteiger partial charge is 0.354 e. The molecule has 0 saturated heterocycles. The molecule has 2 N–H and O–H groups in total. The molecule has 2 aromatic carbocycles. The standard InChI is InChI=1S/C18H16F4N2O2/c19-15-7-1-12(2-8-15)11-16(25)23-9-10-24-17(26)13-3-5-14(6-4-13)18(20,21)22/h1-8H,9-11H2,(H,23,25)(H,24,26). The number of halogens is 4. The Bertz CT molecular complexity index is 756. The maximum Gasteiger partial charge on any atom is 0.416 e. The van der Waals surface area contributed by atoms with Crippen LogP contribution in [0.3, 0.4) is 0 Å². The van der Waals surface area contributed by atoms with Crippen molar-refractivity contribution < 1.29 is 27.2 Å². The molecule has 2 aromatic rings. The zero-order valence-electron chi connectivity index (χ0n) is 13.6. The molecule has 0 radical (unpaired) electrons. The van der Waals surface area contributed by atoms with Gasteiger partial charge in [0.1, 0.15) is 5.82 Å². The van der Waals surface area contributed by atoms with Gasteiger partial charge in [0.05, 0.1) is 12.0 Å². The van der Waals surface area contributed by atoms with Gasteiger partial charge in [-0.2, -0.15) is 13.2 Å². The van der Waals surface area contributed by atoms with Gasteiger partial charge < -0.3 is 10.6 Å². The molecule has 8 heteroatoms. The quantitative estimate of drug-likeness (QED) is 0.609. The summed E-state index contributed by atoms with van der Waals surface area (Å²) in [4.78, 5) is 23.6. The molecule has 0 heterocycles. The highest BCUT2D eigenvalue weighted by Gasteiger charge is 2.30. The molecule has 2 amide bonds. The van der Waals surface area contributed by atoms with Crippen LogP contribution in [0, 0.1) is 5.82 Å². The van der Waals surface area contributed by atoms with Crippen LogP contribution in [-0.4, -0.2) is 24.9 Å². The van der Waals surface area contributed by atoms with E-state index < -0.39 is 17.6 Å². The van der Waals surface area contributed by atoms with Gasteiger partial charge in [-0.15, -0.1) is 0 Å². The number of carbonyl (C=O) groups excluding carboxylic acids is 2. The molecule has 0 aromatic heterocycles. The molecular formula is C18H16F4N2O2. The van der Waals surface area contributed by atoms with Crippen LogP contribution >= 0.6 is 0 Å². The minimum atomic E-state index is -4.45. The molecule has 26 heavy (non-hydrogen) atoms. The second kappa shape index (κ2) is 8.46. The average Bonchev–Trinajstić information content (AvgIpc) is 2.60. The fourth-order valence-corrected chi connectivity index (χ4v) is 2.14. The van der Waals surface area contributed by atoms with E-state index in [0.29, 0.717) is 5.56 Å². The summed E-state index contributed by atoms with van der Waals surface area (Å²) < 4.78 is 50.2. The number of alkyl halides is 3. The zero-order chi connectivity index (χ0) is 19.2. The van der Waals surface area contributed by atoms with Crippen molar-refractivity contribution >= 4 is 11.8 Å². The zero-order valence-corrected chi connectivity index (χ0v) is 13.6. The van der Waals surface area contributed by atoms with Crippen LogP contribution in [0.25, 0.3) is 0 Å². The van der Waals surface area contributed by atoms with Crippen LogP contribution in [0.4, 0.5) is 17.6 Å². The van der Waals surface area contributed by atoms with E-state index in [1.54, 1.807) is 0 Å². The predicted molar refractivity (Wildman–Crippen MR) is 86.9 cm³/mol. The molecule has 0 aliphatic carbocycles. The Kier molecular flexibility index (Phi) is 6.32. The summed E-state index contributed by atoms with van der Waals surface area (Å²) in [7, 11) is 0. The molecule has 0 unspecified atom stereocenters. The van der Waals surface area contributed by atoms with Crippen molar-refractivity contribution in [1.29, 1.82) is 0 Å². The minimum absolute atomic E-state index is 0.0765. The second-order valence-electron chi connectivity index (χ2n) is 5.48. The van der Waals surface area contributed by atoms with Crippen LogP contribution in [0.15, 0.2) is 48.5 Å². The Morgan fingerprint density at radius 1 is 0.846 bits per heavy atom. The van der Waals surface area contributed by atoms with E-state index in [9.17, 15) is 27.2 Å². The summed E-state index contributed by atoms with van der Waals surface area (Å²) in [5, 5.41) is 5.08. The summed E-state index contributed by atoms with van der Waals surface area (Å²) >= 11 is 0. The summed E-state index contributed by atoms with van der Waals surface area (Å²) in [5.74, 6) is -1.22. The summed E-state index contributed by atoms with van der Waals surface area (Å²) in [6, 6.07) is 9.36. The van der Waals surface area contributed by atoms with Gasteiger partial charge in [0.25, 0.3) is 5.91 Å². The van der Waals surface area contributed by atoms with Gasteiger partial charge >= 0.3 is 6.18 Å². The molecule has 0 saturated carbocycles. The molecule has 0 bridgehead atoms. The third-order valence-corrected chi connectivity index (χ3v) is 3.49. The predicted octanol–water partition coefficient (Wildman–Crippen LogP) is 2.93. The van der Waals surface area contributed by atoms with Gasteiger partial charge in [-0.05, 0) is 42.0 Å². The first-order chi connectivity index (χ1) is 12.3. The third kappa shape index (κ3) is 5.87. The van der Waals surface area contributed by atoms with Crippen molar-refractivity contribution in [2.45, 2.75) is 12.6 Å². The van der Waals surface area contributed by atoms with Crippen LogP contribution < -0.4 is 10.6 Å². The molecule has 0 aliphatic heterocycles. The number of hydrogen-bond donors (Lipinski definition) is 2. The highest BCUT2D eigenvalue weighted by atomic mass is 19.4. The number of carbonyl (C=O) groups is 2. The monoisotopic (exact) mass is 368 g/mol. The lowest BCUT2D eigenvalue weighted by molar-refractivity contribution is -0.137. The maximum absolute atomic E-state index is 12.8. The van der Waals surface area contributed by atoms with Gasteiger partial charge in [-0.1, -0.05) is 12.1 Å². The van der Waals surface area contributed by atoms with Crippen molar-refractivity contribution in [3.05, 3.63) is 71.0 Å². The van der Waals surface area contributed by atoms with Crippen LogP contribution in [0.5, 0.6) is 0 Å². The average molecular weight is 368 g/mol. The van der Waals surface area contributed by atoms with Gasteiger partial charge in [0.15, 0.2) is 0 Å². The van der Waals surface area contributed by atoms with Crippen LogP contribution in [0.2, 0.25) is 0 Å². The molecule has 0 atom stereocenters. The molecule has 4 nitrogen and oxygen atoms in total. The van der Waals surface area contributed by atoms with Gasteiger partial charge in [-0.25, -0.2) is 4.39 Å². The van der Waals surface area contributed by atoms with Crippen molar-refractivity contribution in [1.82, 2.24) is 10.6 Å². The van der Waals surface area contributed by atoms with Crippen molar-refractivity contribution in [2.24, 2.45) is 0 Å². The molecule has 0 fully saturated rings. The number of nitrogens with one attached hydrogen (secondary N) is 2. The van der Waals surface area contributed by atoms with E-state index in [0.717, 1.165) is 24.3 Å². The fourth-order valence-electron chi connectivity index (χ4n) is 2.14. The molecular weight excluding hydrogens is 352 g/mol. The Morgan fingerprint density at radius 3 is 2.00 bits per heavy atom. The Morgan fingerprint density at radius 2 is 1.42 bits per heavy atom. The number of hydrogen-bond acceptors (Lipinski definition) is 2. The van der Waals surface area contributed by atoms with E-state index >= 15 is 0 Å². The molecule has 0 aliphatic rings. The third-order valence-electron chi connectivity index (χ3n) is 3.49. The Labute approximate surface area is 147 Å². The van der Waals surface area contributed by atoms with Crippen LogP contribution in [0.1, 0.15) is 21.5 Å². The first kappa shape index (κ1) is 19.4. The topological polar surface area (TPSA) is 58.2 Å². The molecule has 2 rings (SSSR count). The molecule has 138 valence electrons. The first-order valence-electron chi connectivity index (χ1n) is 7.72. The van der Waals surface area contributed by atoms with Gasteiger partial charge in [0, 0.05) is 18.7 Å². The van der Waals surface area contributed by atoms with E-state index in [-0.39, 0.29) is 36.8 Å². The summed E-state index contributed by atoms with van der Waals surface area (Å²) in [6.45, 7) is 0.279. The van der Waals surface area contributed by atoms with Crippen molar-refractivity contribution in [3.8, 4) is 0 Å². The summed E-state index contributed by atoms with van der Waals surface area (Å²) in [6.07, 6.45) is -4.38. The normalized spacial score (nSPS) is 11.1. The van der Waals surface area contributed by atoms with Crippen molar-refractivity contribution in [2.75, 3.05) is 13.1 Å². The highest BCUT2D eigenvalue weighted by Crippen LogP contribution is 2.29. The summed E-state index contributed by atoms with van der Waals surface area (Å²) in [5.41, 5.74) is -0.0876. The largest absolute Gasteiger partial charge is 0.416 e. The lowest BCUT2D eigenvalue weighted by Gasteiger charge is -2.09. The lowest BCUT2D eigenvalue weighted by Crippen LogP contribution is -2.35. The maximum atomic E-state index is 12.8. The van der Waals surface area contributed by atoms with Crippen LogP contribution in [-0.2, 0) is 17.4 Å².